The average molecular weight is 272 g/mol. The molecule has 0 unspecified atom stereocenters. The highest BCUT2D eigenvalue weighted by molar-refractivity contribution is 6.33. The van der Waals surface area contributed by atoms with Crippen LogP contribution < -0.4 is 5.73 Å². The van der Waals surface area contributed by atoms with Crippen LogP contribution in [-0.4, -0.2) is 9.97 Å². The summed E-state index contributed by atoms with van der Waals surface area (Å²) in [6.07, 6.45) is 1.01. The molecule has 3 aromatic rings. The maximum Gasteiger partial charge on any atom is 0.138 e. The van der Waals surface area contributed by atoms with Crippen LogP contribution in [0.1, 0.15) is 12.5 Å². The predicted octanol–water partition coefficient (Wildman–Crippen LogP) is 4.03. The molecule has 0 aliphatic heterocycles. The van der Waals surface area contributed by atoms with E-state index in [0.29, 0.717) is 10.7 Å². The van der Waals surface area contributed by atoms with Crippen LogP contribution in [0.3, 0.4) is 0 Å². The molecule has 96 valence electrons. The van der Waals surface area contributed by atoms with Gasteiger partial charge in [-0.15, -0.1) is 0 Å². The number of nitrogens with one attached hydrogen (secondary N) is 1. The van der Waals surface area contributed by atoms with Gasteiger partial charge in [-0.05, 0) is 42.3 Å². The monoisotopic (exact) mass is 271 g/mol. The number of H-pyrrole nitrogens is 1. The number of nitrogens with two attached hydrogens (primary N) is 1. The fraction of sp³-hybridized carbons (Fsp3) is 0.133. The number of anilines is 1. The molecule has 4 heteroatoms. The molecule has 0 aliphatic carbocycles. The standard InChI is InChI=1S/C15H14ClN3/c1-2-9-3-6-13-14(7-9)19-15(18-13)10-4-5-12(17)11(16)8-10/h3-8H,2,17H2,1H3,(H,18,19). The maximum atomic E-state index is 6.04. The zero-order valence-electron chi connectivity index (χ0n) is 10.6. The van der Waals surface area contributed by atoms with Gasteiger partial charge in [0.1, 0.15) is 5.82 Å². The van der Waals surface area contributed by atoms with Crippen LogP contribution in [0.5, 0.6) is 0 Å². The van der Waals surface area contributed by atoms with Gasteiger partial charge in [-0.1, -0.05) is 24.6 Å². The third-order valence-electron chi connectivity index (χ3n) is 3.23. The maximum absolute atomic E-state index is 6.04. The summed E-state index contributed by atoms with van der Waals surface area (Å²) < 4.78 is 0. The zero-order chi connectivity index (χ0) is 13.4. The first-order valence-electron chi connectivity index (χ1n) is 6.21. The van der Waals surface area contributed by atoms with Gasteiger partial charge < -0.3 is 10.7 Å². The number of imidazole rings is 1. The van der Waals surface area contributed by atoms with E-state index in [4.69, 9.17) is 17.3 Å². The van der Waals surface area contributed by atoms with Crippen LogP contribution in [0.25, 0.3) is 22.4 Å². The minimum absolute atomic E-state index is 0.548. The Morgan fingerprint density at radius 3 is 2.79 bits per heavy atom. The number of nitrogens with zero attached hydrogens (tertiary/aromatic N) is 1. The van der Waals surface area contributed by atoms with Gasteiger partial charge >= 0.3 is 0 Å². The lowest BCUT2D eigenvalue weighted by Crippen LogP contribution is -1.87. The molecule has 0 spiro atoms. The Labute approximate surface area is 116 Å². The van der Waals surface area contributed by atoms with Gasteiger partial charge in [-0.3, -0.25) is 0 Å². The van der Waals surface area contributed by atoms with Gasteiger partial charge in [0.05, 0.1) is 21.7 Å². The normalized spacial score (nSPS) is 11.1. The van der Waals surface area contributed by atoms with Crippen molar-refractivity contribution in [3.63, 3.8) is 0 Å². The highest BCUT2D eigenvalue weighted by Crippen LogP contribution is 2.27. The lowest BCUT2D eigenvalue weighted by molar-refractivity contribution is 1.14. The summed E-state index contributed by atoms with van der Waals surface area (Å²) in [5.74, 6) is 0.810. The van der Waals surface area contributed by atoms with Crippen molar-refractivity contribution in [2.75, 3.05) is 5.73 Å². The molecule has 0 fully saturated rings. The van der Waals surface area contributed by atoms with Crippen molar-refractivity contribution in [2.24, 2.45) is 0 Å². The number of aromatic amines is 1. The number of rotatable bonds is 2. The van der Waals surface area contributed by atoms with Gasteiger partial charge in [0.2, 0.25) is 0 Å². The molecule has 19 heavy (non-hydrogen) atoms. The minimum atomic E-state index is 0.548. The van der Waals surface area contributed by atoms with Gasteiger partial charge in [0, 0.05) is 5.56 Å². The number of benzene rings is 2. The smallest absolute Gasteiger partial charge is 0.138 e. The molecule has 3 N–H and O–H groups in total. The molecule has 0 radical (unpaired) electrons. The minimum Gasteiger partial charge on any atom is -0.398 e. The number of hydrogen-bond donors (Lipinski definition) is 2. The van der Waals surface area contributed by atoms with Crippen LogP contribution in [0.15, 0.2) is 36.4 Å². The Balaban J connectivity index is 2.11. The highest BCUT2D eigenvalue weighted by Gasteiger charge is 2.07. The van der Waals surface area contributed by atoms with Crippen molar-refractivity contribution in [3.05, 3.63) is 47.0 Å². The van der Waals surface area contributed by atoms with E-state index in [9.17, 15) is 0 Å². The fourth-order valence-electron chi connectivity index (χ4n) is 2.09. The van der Waals surface area contributed by atoms with Gasteiger partial charge in [-0.2, -0.15) is 0 Å². The molecule has 0 saturated heterocycles. The number of halogens is 1. The largest absolute Gasteiger partial charge is 0.398 e. The van der Waals surface area contributed by atoms with E-state index in [1.54, 1.807) is 6.07 Å². The van der Waals surface area contributed by atoms with E-state index >= 15 is 0 Å². The second-order valence-electron chi connectivity index (χ2n) is 4.53. The number of hydrogen-bond acceptors (Lipinski definition) is 2. The lowest BCUT2D eigenvalue weighted by Gasteiger charge is -2.00. The van der Waals surface area contributed by atoms with Crippen molar-refractivity contribution >= 4 is 28.3 Å². The molecule has 2 aromatic carbocycles. The highest BCUT2D eigenvalue weighted by atomic mass is 35.5. The fourth-order valence-corrected chi connectivity index (χ4v) is 2.27. The van der Waals surface area contributed by atoms with Crippen molar-refractivity contribution < 1.29 is 0 Å². The van der Waals surface area contributed by atoms with Crippen molar-refractivity contribution in [1.29, 1.82) is 0 Å². The molecule has 0 bridgehead atoms. The van der Waals surface area contributed by atoms with E-state index in [1.165, 1.54) is 5.56 Å². The molecule has 0 saturated carbocycles. The topological polar surface area (TPSA) is 54.7 Å². The Kier molecular flexibility index (Phi) is 2.91. The molecule has 0 atom stereocenters. The van der Waals surface area contributed by atoms with E-state index in [-0.39, 0.29) is 0 Å². The van der Waals surface area contributed by atoms with E-state index in [0.717, 1.165) is 28.8 Å². The zero-order valence-corrected chi connectivity index (χ0v) is 11.3. The summed E-state index contributed by atoms with van der Waals surface area (Å²) >= 11 is 6.04. The number of nitrogen functional groups attached to an aromatic ring is 1. The molecular formula is C15H14ClN3. The van der Waals surface area contributed by atoms with Crippen molar-refractivity contribution in [3.8, 4) is 11.4 Å². The number of aromatic nitrogens is 2. The lowest BCUT2D eigenvalue weighted by atomic mass is 10.1. The Morgan fingerprint density at radius 1 is 1.21 bits per heavy atom. The van der Waals surface area contributed by atoms with Crippen LogP contribution in [-0.2, 0) is 6.42 Å². The molecule has 1 heterocycles. The first kappa shape index (κ1) is 12.1. The van der Waals surface area contributed by atoms with Gasteiger partial charge in [0.15, 0.2) is 0 Å². The molecular weight excluding hydrogens is 258 g/mol. The van der Waals surface area contributed by atoms with Gasteiger partial charge in [-0.25, -0.2) is 4.98 Å². The quantitative estimate of drug-likeness (QED) is 0.692. The molecule has 0 aliphatic rings. The molecule has 3 nitrogen and oxygen atoms in total. The van der Waals surface area contributed by atoms with Gasteiger partial charge in [0.25, 0.3) is 0 Å². The van der Waals surface area contributed by atoms with Crippen LogP contribution >= 0.6 is 11.6 Å². The van der Waals surface area contributed by atoms with Crippen molar-refractivity contribution in [2.45, 2.75) is 13.3 Å². The van der Waals surface area contributed by atoms with Crippen molar-refractivity contribution in [1.82, 2.24) is 9.97 Å². The molecule has 1 aromatic heterocycles. The molecule has 3 rings (SSSR count). The summed E-state index contributed by atoms with van der Waals surface area (Å²) in [4.78, 5) is 7.90. The number of fused-ring (bicyclic) bond motifs is 1. The Hall–Kier alpha value is -2.00. The van der Waals surface area contributed by atoms with E-state index in [2.05, 4.69) is 29.0 Å². The van der Waals surface area contributed by atoms with Crippen LogP contribution in [0, 0.1) is 0 Å². The van der Waals surface area contributed by atoms with Crippen LogP contribution in [0.2, 0.25) is 5.02 Å². The first-order chi connectivity index (χ1) is 9.17. The SMILES string of the molecule is CCc1ccc2nc(-c3ccc(N)c(Cl)c3)[nH]c2c1. The number of aryl methyl sites for hydroxylation is 1. The second kappa shape index (κ2) is 4.59. The summed E-state index contributed by atoms with van der Waals surface area (Å²) in [5.41, 5.74) is 10.5. The molecule has 0 amide bonds. The second-order valence-corrected chi connectivity index (χ2v) is 4.93. The predicted molar refractivity (Wildman–Crippen MR) is 80.3 cm³/mol. The Bertz CT molecular complexity index is 746. The summed E-state index contributed by atoms with van der Waals surface area (Å²) in [5, 5.41) is 0.548. The summed E-state index contributed by atoms with van der Waals surface area (Å²) in [6.45, 7) is 2.14. The first-order valence-corrected chi connectivity index (χ1v) is 6.59. The Morgan fingerprint density at radius 2 is 2.05 bits per heavy atom. The van der Waals surface area contributed by atoms with E-state index in [1.807, 2.05) is 18.2 Å². The van der Waals surface area contributed by atoms with E-state index < -0.39 is 0 Å². The summed E-state index contributed by atoms with van der Waals surface area (Å²) in [6, 6.07) is 11.8. The third kappa shape index (κ3) is 2.17. The third-order valence-corrected chi connectivity index (χ3v) is 3.56. The average Bonchev–Trinajstić information content (AvgIpc) is 2.84. The van der Waals surface area contributed by atoms with Crippen LogP contribution in [0.4, 0.5) is 5.69 Å². The summed E-state index contributed by atoms with van der Waals surface area (Å²) in [7, 11) is 0.